The van der Waals surface area contributed by atoms with Gasteiger partial charge in [0.25, 0.3) is 0 Å². The minimum absolute atomic E-state index is 0.249. The van der Waals surface area contributed by atoms with E-state index in [1.165, 1.54) is 25.3 Å². The van der Waals surface area contributed by atoms with Gasteiger partial charge in [-0.05, 0) is 30.5 Å². The van der Waals surface area contributed by atoms with Crippen molar-refractivity contribution in [1.29, 1.82) is 5.26 Å². The van der Waals surface area contributed by atoms with Crippen molar-refractivity contribution in [2.45, 2.75) is 48.9 Å². The normalized spacial score (nSPS) is 14.5. The lowest BCUT2D eigenvalue weighted by atomic mass is 9.85. The van der Waals surface area contributed by atoms with Crippen molar-refractivity contribution in [3.8, 4) is 6.07 Å². The molecule has 1 fully saturated rings. The fourth-order valence-electron chi connectivity index (χ4n) is 3.38. The summed E-state index contributed by atoms with van der Waals surface area (Å²) in [5.41, 5.74) is 8.72. The second kappa shape index (κ2) is 8.87. The number of nitrogens with zero attached hydrogens (tertiary/aromatic N) is 3. The van der Waals surface area contributed by atoms with Crippen LogP contribution < -0.4 is 5.73 Å². The highest BCUT2D eigenvalue weighted by molar-refractivity contribution is 7.98. The average molecular weight is 382 g/mol. The molecule has 1 aliphatic carbocycles. The molecule has 3 rings (SSSR count). The Morgan fingerprint density at radius 3 is 2.81 bits per heavy atom. The molecule has 0 spiro atoms. The predicted octanol–water partition coefficient (Wildman–Crippen LogP) is 4.06. The molecular weight excluding hydrogens is 360 g/mol. The van der Waals surface area contributed by atoms with Gasteiger partial charge in [-0.2, -0.15) is 5.26 Å². The molecule has 1 aromatic carbocycles. The summed E-state index contributed by atoms with van der Waals surface area (Å²) >= 11 is 1.45. The number of nitrogen functional groups attached to an aromatic ring is 1. The maximum atomic E-state index is 11.7. The Morgan fingerprint density at radius 2 is 2.11 bits per heavy atom. The first kappa shape index (κ1) is 19.2. The first-order chi connectivity index (χ1) is 13.1. The fraction of sp³-hybridized carbons (Fsp3) is 0.400. The molecule has 27 heavy (non-hydrogen) atoms. The molecule has 0 aliphatic heterocycles. The number of aromatic nitrogens is 2. The van der Waals surface area contributed by atoms with E-state index in [0.29, 0.717) is 22.0 Å². The molecule has 7 heteroatoms. The van der Waals surface area contributed by atoms with Crippen molar-refractivity contribution in [2.24, 2.45) is 0 Å². The van der Waals surface area contributed by atoms with Gasteiger partial charge in [0.15, 0.2) is 5.16 Å². The van der Waals surface area contributed by atoms with E-state index < -0.39 is 0 Å². The Kier molecular flexibility index (Phi) is 6.30. The van der Waals surface area contributed by atoms with Gasteiger partial charge in [0, 0.05) is 11.7 Å². The second-order valence-corrected chi connectivity index (χ2v) is 7.52. The Labute approximate surface area is 163 Å². The van der Waals surface area contributed by atoms with Crippen LogP contribution in [0.2, 0.25) is 0 Å². The number of esters is 1. The number of nitriles is 1. The number of methoxy groups -OCH3 is 1. The van der Waals surface area contributed by atoms with Crippen LogP contribution in [0.15, 0.2) is 29.4 Å². The molecule has 0 unspecified atom stereocenters. The van der Waals surface area contributed by atoms with Crippen molar-refractivity contribution >= 4 is 23.5 Å². The first-order valence-electron chi connectivity index (χ1n) is 9.00. The number of anilines is 1. The summed E-state index contributed by atoms with van der Waals surface area (Å²) in [6, 6.07) is 9.46. The molecule has 2 aromatic rings. The van der Waals surface area contributed by atoms with Crippen molar-refractivity contribution in [3.63, 3.8) is 0 Å². The van der Waals surface area contributed by atoms with Gasteiger partial charge >= 0.3 is 5.97 Å². The molecule has 6 nitrogen and oxygen atoms in total. The number of nitrogens with two attached hydrogens (primary N) is 1. The van der Waals surface area contributed by atoms with Gasteiger partial charge in [0.05, 0.1) is 18.4 Å². The summed E-state index contributed by atoms with van der Waals surface area (Å²) in [6.45, 7) is 0. The van der Waals surface area contributed by atoms with Crippen LogP contribution in [-0.4, -0.2) is 23.0 Å². The number of hydrogen-bond donors (Lipinski definition) is 1. The van der Waals surface area contributed by atoms with Crippen LogP contribution in [0.4, 0.5) is 5.82 Å². The Morgan fingerprint density at radius 1 is 1.33 bits per heavy atom. The largest absolute Gasteiger partial charge is 0.465 e. The third-order valence-corrected chi connectivity index (χ3v) is 5.68. The average Bonchev–Trinajstić information content (AvgIpc) is 2.72. The molecule has 0 atom stereocenters. The lowest BCUT2D eigenvalue weighted by Crippen LogP contribution is -2.12. The van der Waals surface area contributed by atoms with E-state index in [0.717, 1.165) is 36.9 Å². The minimum Gasteiger partial charge on any atom is -0.465 e. The van der Waals surface area contributed by atoms with Gasteiger partial charge in [-0.1, -0.05) is 43.2 Å². The Bertz CT molecular complexity index is 873. The molecule has 0 amide bonds. The summed E-state index contributed by atoms with van der Waals surface area (Å²) in [5.74, 6) is 0.764. The molecule has 0 bridgehead atoms. The van der Waals surface area contributed by atoms with Crippen LogP contribution in [0.5, 0.6) is 0 Å². The van der Waals surface area contributed by atoms with Gasteiger partial charge in [0.2, 0.25) is 0 Å². The third-order valence-electron chi connectivity index (χ3n) is 4.76. The molecular formula is C20H22N4O2S. The number of rotatable bonds is 5. The molecule has 0 saturated heterocycles. The van der Waals surface area contributed by atoms with Crippen LogP contribution >= 0.6 is 11.8 Å². The lowest BCUT2D eigenvalue weighted by molar-refractivity contribution is 0.0600. The van der Waals surface area contributed by atoms with E-state index in [2.05, 4.69) is 16.0 Å². The Balaban J connectivity index is 1.80. The van der Waals surface area contributed by atoms with Gasteiger partial charge in [-0.15, -0.1) is 0 Å². The highest BCUT2D eigenvalue weighted by Crippen LogP contribution is 2.35. The van der Waals surface area contributed by atoms with Crippen LogP contribution in [0.25, 0.3) is 0 Å². The number of ether oxygens (including phenoxy) is 1. The highest BCUT2D eigenvalue weighted by Gasteiger charge is 2.23. The highest BCUT2D eigenvalue weighted by atomic mass is 32.2. The fourth-order valence-corrected chi connectivity index (χ4v) is 4.18. The molecule has 1 saturated carbocycles. The zero-order chi connectivity index (χ0) is 19.2. The summed E-state index contributed by atoms with van der Waals surface area (Å²) in [7, 11) is 1.36. The van der Waals surface area contributed by atoms with Gasteiger partial charge < -0.3 is 10.5 Å². The van der Waals surface area contributed by atoms with Gasteiger partial charge in [-0.25, -0.2) is 14.8 Å². The van der Waals surface area contributed by atoms with Crippen molar-refractivity contribution in [2.75, 3.05) is 12.8 Å². The summed E-state index contributed by atoms with van der Waals surface area (Å²) in [5, 5.41) is 10.0. The second-order valence-electron chi connectivity index (χ2n) is 6.58. The van der Waals surface area contributed by atoms with Crippen molar-refractivity contribution in [1.82, 2.24) is 9.97 Å². The number of carbonyl (C=O) groups excluding carboxylic acids is 1. The number of thioether (sulfide) groups is 1. The SMILES string of the molecule is COC(=O)c1cccc(CSc2nc(N)c(C#N)c(C3CCCCC3)n2)c1. The molecule has 1 heterocycles. The van der Waals surface area contributed by atoms with E-state index in [4.69, 9.17) is 10.5 Å². The van der Waals surface area contributed by atoms with E-state index in [1.807, 2.05) is 12.1 Å². The van der Waals surface area contributed by atoms with Crippen molar-refractivity contribution in [3.05, 3.63) is 46.6 Å². The zero-order valence-corrected chi connectivity index (χ0v) is 16.1. The van der Waals surface area contributed by atoms with E-state index in [1.54, 1.807) is 12.1 Å². The van der Waals surface area contributed by atoms with Crippen LogP contribution in [0, 0.1) is 11.3 Å². The van der Waals surface area contributed by atoms with Gasteiger partial charge in [-0.3, -0.25) is 0 Å². The summed E-state index contributed by atoms with van der Waals surface area (Å²) in [4.78, 5) is 20.7. The molecule has 0 radical (unpaired) electrons. The van der Waals surface area contributed by atoms with Crippen LogP contribution in [0.3, 0.4) is 0 Å². The molecule has 1 aliphatic rings. The van der Waals surface area contributed by atoms with Crippen molar-refractivity contribution < 1.29 is 9.53 Å². The summed E-state index contributed by atoms with van der Waals surface area (Å²) < 4.78 is 4.76. The molecule has 1 aromatic heterocycles. The first-order valence-corrected chi connectivity index (χ1v) is 9.98. The minimum atomic E-state index is -0.361. The maximum absolute atomic E-state index is 11.7. The number of carbonyl (C=O) groups is 1. The number of hydrogen-bond acceptors (Lipinski definition) is 7. The third kappa shape index (κ3) is 4.58. The molecule has 140 valence electrons. The van der Waals surface area contributed by atoms with Gasteiger partial charge in [0.1, 0.15) is 17.5 Å². The number of benzene rings is 1. The maximum Gasteiger partial charge on any atom is 0.337 e. The lowest BCUT2D eigenvalue weighted by Gasteiger charge is -2.22. The standard InChI is InChI=1S/C20H22N4O2S/c1-26-19(25)15-9-5-6-13(10-15)12-27-20-23-17(14-7-3-2-4-8-14)16(11-21)18(22)24-20/h5-6,9-10,14H,2-4,7-8,12H2,1H3,(H2,22,23,24). The Hall–Kier alpha value is -2.59. The summed E-state index contributed by atoms with van der Waals surface area (Å²) in [6.07, 6.45) is 5.62. The van der Waals surface area contributed by atoms with E-state index in [-0.39, 0.29) is 17.7 Å². The smallest absolute Gasteiger partial charge is 0.337 e. The quantitative estimate of drug-likeness (QED) is 0.472. The zero-order valence-electron chi connectivity index (χ0n) is 15.3. The molecule has 2 N–H and O–H groups in total. The van der Waals surface area contributed by atoms with E-state index >= 15 is 0 Å². The monoisotopic (exact) mass is 382 g/mol. The van der Waals surface area contributed by atoms with Crippen LogP contribution in [0.1, 0.15) is 65.2 Å². The predicted molar refractivity (Wildman–Crippen MR) is 104 cm³/mol. The van der Waals surface area contributed by atoms with E-state index in [9.17, 15) is 10.1 Å². The topological polar surface area (TPSA) is 102 Å². The van der Waals surface area contributed by atoms with Crippen LogP contribution in [-0.2, 0) is 10.5 Å².